The van der Waals surface area contributed by atoms with E-state index in [1.54, 1.807) is 6.33 Å². The standard InChI is InChI=1S/C14H16N4O2S/c1-7-9-11-17-16-8(2)18(11)6-15-12(9)21-10(7)13(19)20-14(3,4)5/h6H,1-5H3. The zero-order chi connectivity index (χ0) is 15.4. The van der Waals surface area contributed by atoms with Crippen molar-refractivity contribution in [1.29, 1.82) is 0 Å². The summed E-state index contributed by atoms with van der Waals surface area (Å²) in [6.45, 7) is 9.32. The Hall–Kier alpha value is -2.02. The maximum atomic E-state index is 12.3. The van der Waals surface area contributed by atoms with Crippen molar-refractivity contribution < 1.29 is 9.53 Å². The topological polar surface area (TPSA) is 69.4 Å². The molecule has 0 atom stereocenters. The number of aromatic nitrogens is 4. The van der Waals surface area contributed by atoms with Crippen LogP contribution >= 0.6 is 11.3 Å². The van der Waals surface area contributed by atoms with Gasteiger partial charge in [-0.25, -0.2) is 9.78 Å². The highest BCUT2D eigenvalue weighted by Gasteiger charge is 2.24. The Bertz CT molecular complexity index is 857. The molecule has 6 nitrogen and oxygen atoms in total. The number of esters is 1. The van der Waals surface area contributed by atoms with Gasteiger partial charge in [-0.2, -0.15) is 0 Å². The van der Waals surface area contributed by atoms with Crippen molar-refractivity contribution in [3.8, 4) is 0 Å². The van der Waals surface area contributed by atoms with E-state index in [1.807, 2.05) is 39.0 Å². The second kappa shape index (κ2) is 4.49. The summed E-state index contributed by atoms with van der Waals surface area (Å²) in [5.74, 6) is 0.446. The summed E-state index contributed by atoms with van der Waals surface area (Å²) < 4.78 is 7.27. The predicted octanol–water partition coefficient (Wildman–Crippen LogP) is 2.91. The van der Waals surface area contributed by atoms with Crippen LogP contribution in [0.3, 0.4) is 0 Å². The maximum Gasteiger partial charge on any atom is 0.349 e. The Morgan fingerprint density at radius 3 is 2.67 bits per heavy atom. The molecule has 3 heterocycles. The molecule has 3 aromatic heterocycles. The van der Waals surface area contributed by atoms with E-state index in [1.165, 1.54) is 11.3 Å². The summed E-state index contributed by atoms with van der Waals surface area (Å²) in [7, 11) is 0. The zero-order valence-corrected chi connectivity index (χ0v) is 13.4. The van der Waals surface area contributed by atoms with Crippen molar-refractivity contribution in [2.45, 2.75) is 40.2 Å². The molecular weight excluding hydrogens is 288 g/mol. The van der Waals surface area contributed by atoms with Crippen LogP contribution in [-0.4, -0.2) is 31.2 Å². The first-order chi connectivity index (χ1) is 9.78. The quantitative estimate of drug-likeness (QED) is 0.647. The Labute approximate surface area is 125 Å². The smallest absolute Gasteiger partial charge is 0.349 e. The number of rotatable bonds is 1. The van der Waals surface area contributed by atoms with Gasteiger partial charge in [0.1, 0.15) is 27.5 Å². The molecular formula is C14H16N4O2S. The van der Waals surface area contributed by atoms with E-state index < -0.39 is 5.60 Å². The minimum atomic E-state index is -0.520. The number of carbonyl (C=O) groups excluding carboxylic acids is 1. The average Bonchev–Trinajstić information content (AvgIpc) is 2.89. The number of nitrogens with zero attached hydrogens (tertiary/aromatic N) is 4. The van der Waals surface area contributed by atoms with Crippen molar-refractivity contribution in [3.63, 3.8) is 0 Å². The van der Waals surface area contributed by atoms with Crippen LogP contribution in [0.2, 0.25) is 0 Å². The van der Waals surface area contributed by atoms with Gasteiger partial charge >= 0.3 is 5.97 Å². The zero-order valence-electron chi connectivity index (χ0n) is 12.6. The summed E-state index contributed by atoms with van der Waals surface area (Å²) in [6, 6.07) is 0. The third-order valence-corrected chi connectivity index (χ3v) is 4.27. The second-order valence-corrected chi connectivity index (χ2v) is 6.92. The van der Waals surface area contributed by atoms with Crippen LogP contribution in [0, 0.1) is 13.8 Å². The van der Waals surface area contributed by atoms with Crippen LogP contribution in [0.5, 0.6) is 0 Å². The first-order valence-corrected chi connectivity index (χ1v) is 7.42. The van der Waals surface area contributed by atoms with Gasteiger partial charge in [0.25, 0.3) is 0 Å². The highest BCUT2D eigenvalue weighted by Crippen LogP contribution is 2.32. The molecule has 7 heteroatoms. The fourth-order valence-corrected chi connectivity index (χ4v) is 3.18. The Kier molecular flexibility index (Phi) is 2.98. The number of aryl methyl sites for hydroxylation is 2. The Balaban J connectivity index is 2.20. The highest BCUT2D eigenvalue weighted by molar-refractivity contribution is 7.20. The molecule has 0 aliphatic carbocycles. The molecule has 0 aliphatic heterocycles. The summed E-state index contributed by atoms with van der Waals surface area (Å²) >= 11 is 1.33. The minimum absolute atomic E-state index is 0.322. The molecule has 3 rings (SSSR count). The van der Waals surface area contributed by atoms with Crippen LogP contribution in [0.15, 0.2) is 6.33 Å². The minimum Gasteiger partial charge on any atom is -0.456 e. The molecule has 21 heavy (non-hydrogen) atoms. The second-order valence-electron chi connectivity index (χ2n) is 5.92. The number of ether oxygens (including phenoxy) is 1. The van der Waals surface area contributed by atoms with Gasteiger partial charge in [0.15, 0.2) is 5.65 Å². The van der Waals surface area contributed by atoms with Crippen molar-refractivity contribution >= 4 is 33.2 Å². The molecule has 0 N–H and O–H groups in total. The van der Waals surface area contributed by atoms with E-state index >= 15 is 0 Å². The van der Waals surface area contributed by atoms with Gasteiger partial charge in [-0.15, -0.1) is 21.5 Å². The molecule has 0 aromatic carbocycles. The molecule has 0 radical (unpaired) electrons. The van der Waals surface area contributed by atoms with Crippen molar-refractivity contribution in [2.24, 2.45) is 0 Å². The van der Waals surface area contributed by atoms with Gasteiger partial charge in [-0.05, 0) is 40.2 Å². The summed E-state index contributed by atoms with van der Waals surface area (Å²) in [6.07, 6.45) is 1.68. The fourth-order valence-electron chi connectivity index (χ4n) is 2.16. The predicted molar refractivity (Wildman–Crippen MR) is 80.8 cm³/mol. The van der Waals surface area contributed by atoms with Gasteiger partial charge < -0.3 is 4.74 Å². The third kappa shape index (κ3) is 2.27. The Morgan fingerprint density at radius 2 is 2.00 bits per heavy atom. The first kappa shape index (κ1) is 13.9. The van der Waals surface area contributed by atoms with Gasteiger partial charge in [-0.1, -0.05) is 0 Å². The van der Waals surface area contributed by atoms with Gasteiger partial charge in [0.2, 0.25) is 0 Å². The van der Waals surface area contributed by atoms with E-state index in [4.69, 9.17) is 4.74 Å². The fraction of sp³-hybridized carbons (Fsp3) is 0.429. The number of fused-ring (bicyclic) bond motifs is 3. The van der Waals surface area contributed by atoms with Crippen LogP contribution in [0.4, 0.5) is 0 Å². The van der Waals surface area contributed by atoms with Crippen LogP contribution in [-0.2, 0) is 4.74 Å². The number of carbonyl (C=O) groups is 1. The summed E-state index contributed by atoms with van der Waals surface area (Å²) in [5.41, 5.74) is 1.05. The molecule has 0 bridgehead atoms. The van der Waals surface area contributed by atoms with Gasteiger partial charge in [0, 0.05) is 0 Å². The summed E-state index contributed by atoms with van der Waals surface area (Å²) in [5, 5.41) is 9.11. The molecule has 3 aromatic rings. The molecule has 0 aliphatic rings. The van der Waals surface area contributed by atoms with Gasteiger partial charge in [0.05, 0.1) is 5.39 Å². The van der Waals surface area contributed by atoms with E-state index in [2.05, 4.69) is 15.2 Å². The molecule has 0 unspecified atom stereocenters. The van der Waals surface area contributed by atoms with Gasteiger partial charge in [-0.3, -0.25) is 4.40 Å². The normalized spacial score (nSPS) is 12.2. The van der Waals surface area contributed by atoms with E-state index in [9.17, 15) is 4.79 Å². The maximum absolute atomic E-state index is 12.3. The van der Waals surface area contributed by atoms with Crippen molar-refractivity contribution in [2.75, 3.05) is 0 Å². The monoisotopic (exact) mass is 304 g/mol. The van der Waals surface area contributed by atoms with Crippen molar-refractivity contribution in [3.05, 3.63) is 22.6 Å². The number of hydrogen-bond donors (Lipinski definition) is 0. The third-order valence-electron chi connectivity index (χ3n) is 3.09. The molecule has 0 saturated heterocycles. The van der Waals surface area contributed by atoms with Crippen LogP contribution in [0.1, 0.15) is 41.8 Å². The lowest BCUT2D eigenvalue weighted by Gasteiger charge is -2.19. The lowest BCUT2D eigenvalue weighted by atomic mass is 10.2. The molecule has 110 valence electrons. The van der Waals surface area contributed by atoms with E-state index in [0.717, 1.165) is 27.3 Å². The van der Waals surface area contributed by atoms with E-state index in [0.29, 0.717) is 4.88 Å². The van der Waals surface area contributed by atoms with Crippen LogP contribution in [0.25, 0.3) is 15.9 Å². The molecule has 0 spiro atoms. The van der Waals surface area contributed by atoms with Crippen LogP contribution < -0.4 is 0 Å². The molecule has 0 fully saturated rings. The first-order valence-electron chi connectivity index (χ1n) is 6.61. The lowest BCUT2D eigenvalue weighted by Crippen LogP contribution is -2.23. The Morgan fingerprint density at radius 1 is 1.29 bits per heavy atom. The SMILES string of the molecule is Cc1c(C(=O)OC(C)(C)C)sc2ncn3c(C)nnc3c12. The highest BCUT2D eigenvalue weighted by atomic mass is 32.1. The molecule has 0 amide bonds. The number of thiophene rings is 1. The lowest BCUT2D eigenvalue weighted by molar-refractivity contribution is 0.00747. The summed E-state index contributed by atoms with van der Waals surface area (Å²) in [4.78, 5) is 18.0. The van der Waals surface area contributed by atoms with Crippen molar-refractivity contribution in [1.82, 2.24) is 19.6 Å². The number of hydrogen-bond acceptors (Lipinski definition) is 6. The molecule has 0 saturated carbocycles. The average molecular weight is 304 g/mol. The van der Waals surface area contributed by atoms with E-state index in [-0.39, 0.29) is 5.97 Å². The largest absolute Gasteiger partial charge is 0.456 e.